The first-order valence-corrected chi connectivity index (χ1v) is 8.78. The molecule has 0 atom stereocenters. The Labute approximate surface area is 136 Å². The minimum Gasteiger partial charge on any atom is -0.496 e. The van der Waals surface area contributed by atoms with Crippen LogP contribution in [0.3, 0.4) is 0 Å². The van der Waals surface area contributed by atoms with E-state index in [0.717, 1.165) is 11.1 Å². The maximum Gasteiger partial charge on any atom is 0.216 e. The van der Waals surface area contributed by atoms with Crippen LogP contribution in [-0.4, -0.2) is 15.5 Å². The lowest BCUT2D eigenvalue weighted by atomic mass is 10.1. The summed E-state index contributed by atoms with van der Waals surface area (Å²) < 4.78 is 32.2. The molecule has 2 aromatic carbocycles. The summed E-state index contributed by atoms with van der Waals surface area (Å²) in [5.74, 6) is 0.585. The summed E-state index contributed by atoms with van der Waals surface area (Å²) in [6, 6.07) is 12.5. The van der Waals surface area contributed by atoms with Crippen molar-refractivity contribution >= 4 is 21.6 Å². The van der Waals surface area contributed by atoms with Crippen LogP contribution in [0.25, 0.3) is 0 Å². The van der Waals surface area contributed by atoms with Crippen LogP contribution >= 0.6 is 11.6 Å². The fourth-order valence-corrected chi connectivity index (χ4v) is 3.66. The molecule has 0 aromatic heterocycles. The summed E-state index contributed by atoms with van der Waals surface area (Å²) in [6.45, 7) is 2.01. The van der Waals surface area contributed by atoms with Crippen molar-refractivity contribution in [2.75, 3.05) is 7.11 Å². The highest BCUT2D eigenvalue weighted by atomic mass is 35.5. The molecule has 4 nitrogen and oxygen atoms in total. The average Bonchev–Trinajstić information content (AvgIpc) is 2.45. The zero-order valence-electron chi connectivity index (χ0n) is 12.5. The van der Waals surface area contributed by atoms with E-state index in [1.54, 1.807) is 31.4 Å². The van der Waals surface area contributed by atoms with E-state index < -0.39 is 10.0 Å². The average molecular weight is 340 g/mol. The van der Waals surface area contributed by atoms with E-state index in [2.05, 4.69) is 4.72 Å². The maximum atomic E-state index is 12.2. The van der Waals surface area contributed by atoms with Gasteiger partial charge in [0, 0.05) is 17.1 Å². The lowest BCUT2D eigenvalue weighted by Gasteiger charge is -2.13. The van der Waals surface area contributed by atoms with Crippen LogP contribution in [0.15, 0.2) is 42.5 Å². The minimum absolute atomic E-state index is 0.0598. The van der Waals surface area contributed by atoms with Gasteiger partial charge >= 0.3 is 0 Å². The zero-order chi connectivity index (χ0) is 16.2. The number of hydrogen-bond donors (Lipinski definition) is 1. The van der Waals surface area contributed by atoms with Gasteiger partial charge in [-0.3, -0.25) is 0 Å². The van der Waals surface area contributed by atoms with Gasteiger partial charge in [-0.05, 0) is 30.2 Å². The lowest BCUT2D eigenvalue weighted by molar-refractivity contribution is 0.406. The Kier molecular flexibility index (Phi) is 5.45. The Morgan fingerprint density at radius 1 is 1.18 bits per heavy atom. The van der Waals surface area contributed by atoms with Crippen molar-refractivity contribution in [2.24, 2.45) is 0 Å². The van der Waals surface area contributed by atoms with Crippen LogP contribution in [0, 0.1) is 6.92 Å². The number of benzene rings is 2. The Morgan fingerprint density at radius 3 is 2.50 bits per heavy atom. The first kappa shape index (κ1) is 16.8. The van der Waals surface area contributed by atoms with Gasteiger partial charge in [0.05, 0.1) is 12.9 Å². The van der Waals surface area contributed by atoms with Gasteiger partial charge in [0.2, 0.25) is 10.0 Å². The molecule has 0 bridgehead atoms. The molecule has 0 heterocycles. The number of methoxy groups -OCH3 is 1. The summed E-state index contributed by atoms with van der Waals surface area (Å²) in [5, 5.41) is 0.551. The normalized spacial score (nSPS) is 11.4. The fourth-order valence-electron chi connectivity index (χ4n) is 2.26. The molecule has 0 fully saturated rings. The molecule has 22 heavy (non-hydrogen) atoms. The number of halogens is 1. The number of ether oxygens (including phenoxy) is 1. The van der Waals surface area contributed by atoms with E-state index in [0.29, 0.717) is 16.3 Å². The van der Waals surface area contributed by atoms with Crippen LogP contribution in [0.2, 0.25) is 5.02 Å². The molecule has 118 valence electrons. The topological polar surface area (TPSA) is 55.4 Å². The van der Waals surface area contributed by atoms with E-state index >= 15 is 0 Å². The van der Waals surface area contributed by atoms with Crippen LogP contribution < -0.4 is 9.46 Å². The van der Waals surface area contributed by atoms with E-state index in [1.807, 2.05) is 25.1 Å². The van der Waals surface area contributed by atoms with Gasteiger partial charge in [-0.1, -0.05) is 41.9 Å². The quantitative estimate of drug-likeness (QED) is 0.878. The molecule has 0 saturated carbocycles. The largest absolute Gasteiger partial charge is 0.496 e. The van der Waals surface area contributed by atoms with Gasteiger partial charge in [-0.25, -0.2) is 13.1 Å². The Bertz CT molecular complexity index is 745. The van der Waals surface area contributed by atoms with Crippen molar-refractivity contribution in [1.82, 2.24) is 4.72 Å². The molecular formula is C16H18ClNO3S. The predicted molar refractivity (Wildman–Crippen MR) is 88.6 cm³/mol. The number of rotatable bonds is 6. The lowest BCUT2D eigenvalue weighted by Crippen LogP contribution is -2.25. The molecule has 2 rings (SSSR count). The second-order valence-electron chi connectivity index (χ2n) is 4.98. The second-order valence-corrected chi connectivity index (χ2v) is 7.22. The van der Waals surface area contributed by atoms with Gasteiger partial charge < -0.3 is 4.74 Å². The summed E-state index contributed by atoms with van der Waals surface area (Å²) in [6.07, 6.45) is 0. The van der Waals surface area contributed by atoms with Crippen molar-refractivity contribution in [1.29, 1.82) is 0 Å². The number of hydrogen-bond acceptors (Lipinski definition) is 3. The summed E-state index contributed by atoms with van der Waals surface area (Å²) >= 11 is 6.03. The zero-order valence-corrected chi connectivity index (χ0v) is 14.0. The van der Waals surface area contributed by atoms with Crippen LogP contribution in [0.4, 0.5) is 0 Å². The monoisotopic (exact) mass is 339 g/mol. The highest BCUT2D eigenvalue weighted by molar-refractivity contribution is 7.88. The van der Waals surface area contributed by atoms with Crippen LogP contribution in [-0.2, 0) is 22.3 Å². The van der Waals surface area contributed by atoms with Crippen molar-refractivity contribution in [3.05, 3.63) is 64.2 Å². The van der Waals surface area contributed by atoms with Crippen LogP contribution in [0.1, 0.15) is 16.7 Å². The molecule has 0 saturated heterocycles. The Morgan fingerprint density at radius 2 is 1.86 bits per heavy atom. The maximum absolute atomic E-state index is 12.2. The minimum atomic E-state index is -3.43. The van der Waals surface area contributed by atoms with Crippen LogP contribution in [0.5, 0.6) is 5.75 Å². The smallest absolute Gasteiger partial charge is 0.216 e. The molecule has 2 aromatic rings. The first-order valence-electron chi connectivity index (χ1n) is 6.75. The third-order valence-corrected chi connectivity index (χ3v) is 4.72. The molecule has 0 aliphatic rings. The van der Waals surface area contributed by atoms with Crippen molar-refractivity contribution in [3.8, 4) is 5.75 Å². The van der Waals surface area contributed by atoms with Crippen molar-refractivity contribution in [3.63, 3.8) is 0 Å². The van der Waals surface area contributed by atoms with Crippen molar-refractivity contribution < 1.29 is 13.2 Å². The first-order chi connectivity index (χ1) is 10.4. The molecule has 0 aliphatic carbocycles. The molecular weight excluding hydrogens is 322 g/mol. The van der Waals surface area contributed by atoms with E-state index in [4.69, 9.17) is 16.3 Å². The molecule has 0 spiro atoms. The summed E-state index contributed by atoms with van der Waals surface area (Å²) in [7, 11) is -1.88. The third kappa shape index (κ3) is 4.47. The standard InChI is InChI=1S/C16H18ClNO3S/c1-12-8-15(17)9-14(16(12)21-2)10-18-22(19,20)11-13-6-4-3-5-7-13/h3-9,18H,10-11H2,1-2H3. The fraction of sp³-hybridized carbons (Fsp3) is 0.250. The van der Waals surface area contributed by atoms with Crippen molar-refractivity contribution in [2.45, 2.75) is 19.2 Å². The van der Waals surface area contributed by atoms with Gasteiger partial charge in [0.15, 0.2) is 0 Å². The highest BCUT2D eigenvalue weighted by Gasteiger charge is 2.14. The number of nitrogens with one attached hydrogen (secondary N) is 1. The summed E-state index contributed by atoms with van der Waals surface area (Å²) in [5.41, 5.74) is 2.32. The van der Waals surface area contributed by atoms with Gasteiger partial charge in [0.1, 0.15) is 5.75 Å². The third-order valence-electron chi connectivity index (χ3n) is 3.20. The van der Waals surface area contributed by atoms with Gasteiger partial charge in [-0.2, -0.15) is 0 Å². The molecule has 1 N–H and O–H groups in total. The molecule has 0 radical (unpaired) electrons. The molecule has 0 amide bonds. The Balaban J connectivity index is 2.12. The van der Waals surface area contributed by atoms with E-state index in [1.165, 1.54) is 0 Å². The van der Waals surface area contributed by atoms with Gasteiger partial charge in [-0.15, -0.1) is 0 Å². The molecule has 0 aliphatic heterocycles. The molecule has 6 heteroatoms. The summed E-state index contributed by atoms with van der Waals surface area (Å²) in [4.78, 5) is 0. The highest BCUT2D eigenvalue weighted by Crippen LogP contribution is 2.27. The number of sulfonamides is 1. The Hall–Kier alpha value is -1.56. The number of aryl methyl sites for hydroxylation is 1. The molecule has 0 unspecified atom stereocenters. The SMILES string of the molecule is COc1c(C)cc(Cl)cc1CNS(=O)(=O)Cc1ccccc1. The van der Waals surface area contributed by atoms with E-state index in [9.17, 15) is 8.42 Å². The second kappa shape index (κ2) is 7.13. The predicted octanol–water partition coefficient (Wildman–Crippen LogP) is 3.28. The van der Waals surface area contributed by atoms with E-state index in [-0.39, 0.29) is 12.3 Å². The van der Waals surface area contributed by atoms with Gasteiger partial charge in [0.25, 0.3) is 0 Å².